The number of rotatable bonds is 4. The third-order valence-corrected chi connectivity index (χ3v) is 3.47. The molecule has 1 unspecified atom stereocenters. The third-order valence-electron chi connectivity index (χ3n) is 3.47. The van der Waals surface area contributed by atoms with E-state index < -0.39 is 0 Å². The van der Waals surface area contributed by atoms with Crippen LogP contribution >= 0.6 is 0 Å². The maximum atomic E-state index is 13.3. The number of carbonyl (C=O) groups is 1. The average molecular weight is 321 g/mol. The van der Waals surface area contributed by atoms with Gasteiger partial charge >= 0.3 is 6.03 Å². The van der Waals surface area contributed by atoms with Crippen molar-refractivity contribution < 1.29 is 14.0 Å². The van der Waals surface area contributed by atoms with E-state index in [1.807, 2.05) is 27.7 Å². The SMILES string of the molecule is CCN(CC1CC(c2cccc(F)c2)=NO1)C(=O)NC(C)(C)C. The molecule has 1 aliphatic heterocycles. The Balaban J connectivity index is 1.93. The summed E-state index contributed by atoms with van der Waals surface area (Å²) in [6.07, 6.45) is 0.349. The van der Waals surface area contributed by atoms with E-state index in [9.17, 15) is 9.18 Å². The summed E-state index contributed by atoms with van der Waals surface area (Å²) in [6, 6.07) is 6.16. The normalized spacial score (nSPS) is 17.4. The van der Waals surface area contributed by atoms with Crippen LogP contribution in [0.3, 0.4) is 0 Å². The van der Waals surface area contributed by atoms with Gasteiger partial charge in [-0.3, -0.25) is 0 Å². The Hall–Kier alpha value is -2.11. The molecule has 0 saturated heterocycles. The molecule has 0 fully saturated rings. The van der Waals surface area contributed by atoms with Crippen molar-refractivity contribution in [1.29, 1.82) is 0 Å². The van der Waals surface area contributed by atoms with E-state index >= 15 is 0 Å². The predicted octanol–water partition coefficient (Wildman–Crippen LogP) is 3.15. The molecule has 0 radical (unpaired) electrons. The highest BCUT2D eigenvalue weighted by molar-refractivity contribution is 6.01. The lowest BCUT2D eigenvalue weighted by Gasteiger charge is -2.28. The molecule has 0 saturated carbocycles. The predicted molar refractivity (Wildman–Crippen MR) is 88.0 cm³/mol. The number of oxime groups is 1. The van der Waals surface area contributed by atoms with Crippen LogP contribution in [0.15, 0.2) is 29.4 Å². The molecule has 2 rings (SSSR count). The second kappa shape index (κ2) is 6.98. The van der Waals surface area contributed by atoms with Gasteiger partial charge in [0.05, 0.1) is 12.3 Å². The molecule has 1 aromatic rings. The number of amides is 2. The van der Waals surface area contributed by atoms with Crippen LogP contribution in [0.4, 0.5) is 9.18 Å². The summed E-state index contributed by atoms with van der Waals surface area (Å²) in [5, 5.41) is 6.98. The molecule has 5 nitrogen and oxygen atoms in total. The van der Waals surface area contributed by atoms with Gasteiger partial charge in [0.15, 0.2) is 6.10 Å². The molecule has 0 spiro atoms. The molecule has 0 aliphatic carbocycles. The molecule has 1 aliphatic rings. The first kappa shape index (κ1) is 17.2. The molecule has 1 atom stereocenters. The van der Waals surface area contributed by atoms with E-state index in [1.165, 1.54) is 12.1 Å². The Morgan fingerprint density at radius 3 is 2.83 bits per heavy atom. The van der Waals surface area contributed by atoms with Gasteiger partial charge in [-0.05, 0) is 39.8 Å². The molecule has 1 aromatic carbocycles. The fraction of sp³-hybridized carbons (Fsp3) is 0.529. The molecule has 1 N–H and O–H groups in total. The van der Waals surface area contributed by atoms with Crippen molar-refractivity contribution in [3.63, 3.8) is 0 Å². The number of nitrogens with one attached hydrogen (secondary N) is 1. The van der Waals surface area contributed by atoms with Crippen molar-refractivity contribution in [2.75, 3.05) is 13.1 Å². The van der Waals surface area contributed by atoms with Crippen molar-refractivity contribution >= 4 is 11.7 Å². The number of hydrogen-bond acceptors (Lipinski definition) is 3. The van der Waals surface area contributed by atoms with E-state index in [0.717, 1.165) is 5.56 Å². The fourth-order valence-electron chi connectivity index (χ4n) is 2.37. The van der Waals surface area contributed by atoms with E-state index in [1.54, 1.807) is 17.0 Å². The van der Waals surface area contributed by atoms with Crippen LogP contribution in [-0.4, -0.2) is 41.4 Å². The van der Waals surface area contributed by atoms with Crippen LogP contribution in [-0.2, 0) is 4.84 Å². The molecule has 0 aromatic heterocycles. The topological polar surface area (TPSA) is 53.9 Å². The lowest BCUT2D eigenvalue weighted by molar-refractivity contribution is 0.0608. The van der Waals surface area contributed by atoms with E-state index in [4.69, 9.17) is 4.84 Å². The Morgan fingerprint density at radius 2 is 2.22 bits per heavy atom. The van der Waals surface area contributed by atoms with E-state index in [0.29, 0.717) is 25.2 Å². The summed E-state index contributed by atoms with van der Waals surface area (Å²) in [6.45, 7) is 8.77. The number of nitrogens with zero attached hydrogens (tertiary/aromatic N) is 2. The zero-order valence-corrected chi connectivity index (χ0v) is 14.1. The van der Waals surface area contributed by atoms with Crippen molar-refractivity contribution in [3.05, 3.63) is 35.6 Å². The molecular formula is C17H24FN3O2. The summed E-state index contributed by atoms with van der Waals surface area (Å²) in [4.78, 5) is 19.4. The van der Waals surface area contributed by atoms with Gasteiger partial charge in [-0.1, -0.05) is 17.3 Å². The molecule has 0 bridgehead atoms. The van der Waals surface area contributed by atoms with Gasteiger partial charge in [-0.2, -0.15) is 0 Å². The van der Waals surface area contributed by atoms with E-state index in [-0.39, 0.29) is 23.5 Å². The number of halogens is 1. The first-order valence-electron chi connectivity index (χ1n) is 7.84. The smallest absolute Gasteiger partial charge is 0.317 e. The number of benzene rings is 1. The standard InChI is InChI=1S/C17H24FN3O2/c1-5-21(16(22)19-17(2,3)4)11-14-10-15(20-23-14)12-7-6-8-13(18)9-12/h6-9,14H,5,10-11H2,1-4H3,(H,19,22). The monoisotopic (exact) mass is 321 g/mol. The summed E-state index contributed by atoms with van der Waals surface area (Å²) in [7, 11) is 0. The van der Waals surface area contributed by atoms with Crippen molar-refractivity contribution in [3.8, 4) is 0 Å². The van der Waals surface area contributed by atoms with Gasteiger partial charge in [0, 0.05) is 24.1 Å². The highest BCUT2D eigenvalue weighted by atomic mass is 19.1. The van der Waals surface area contributed by atoms with Crippen molar-refractivity contribution in [2.24, 2.45) is 5.16 Å². The van der Waals surface area contributed by atoms with Crippen LogP contribution in [0.1, 0.15) is 39.7 Å². The maximum Gasteiger partial charge on any atom is 0.317 e. The summed E-state index contributed by atoms with van der Waals surface area (Å²) < 4.78 is 13.3. The number of carbonyl (C=O) groups excluding carboxylic acids is 1. The highest BCUT2D eigenvalue weighted by Crippen LogP contribution is 2.18. The molecule has 2 amide bonds. The zero-order chi connectivity index (χ0) is 17.0. The Kier molecular flexibility index (Phi) is 5.23. The van der Waals surface area contributed by atoms with Crippen molar-refractivity contribution in [2.45, 2.75) is 45.8 Å². The lowest BCUT2D eigenvalue weighted by Crippen LogP contribution is -2.50. The molecule has 23 heavy (non-hydrogen) atoms. The molecule has 1 heterocycles. The Bertz CT molecular complexity index is 596. The van der Waals surface area contributed by atoms with Crippen LogP contribution in [0.5, 0.6) is 0 Å². The zero-order valence-electron chi connectivity index (χ0n) is 14.1. The lowest BCUT2D eigenvalue weighted by atomic mass is 10.0. The quantitative estimate of drug-likeness (QED) is 0.926. The second-order valence-electron chi connectivity index (χ2n) is 6.70. The number of likely N-dealkylation sites (N-methyl/N-ethyl adjacent to an activating group) is 1. The minimum atomic E-state index is -0.298. The highest BCUT2D eigenvalue weighted by Gasteiger charge is 2.27. The summed E-state index contributed by atoms with van der Waals surface area (Å²) in [5.41, 5.74) is 1.14. The minimum Gasteiger partial charge on any atom is -0.390 e. The first-order chi connectivity index (χ1) is 10.8. The number of hydrogen-bond donors (Lipinski definition) is 1. The first-order valence-corrected chi connectivity index (χ1v) is 7.84. The van der Waals surface area contributed by atoms with Crippen LogP contribution in [0.2, 0.25) is 0 Å². The van der Waals surface area contributed by atoms with Gasteiger partial charge in [-0.15, -0.1) is 0 Å². The van der Waals surface area contributed by atoms with Gasteiger partial charge < -0.3 is 15.1 Å². The second-order valence-corrected chi connectivity index (χ2v) is 6.70. The van der Waals surface area contributed by atoms with Gasteiger partial charge in [0.2, 0.25) is 0 Å². The number of urea groups is 1. The summed E-state index contributed by atoms with van der Waals surface area (Å²) >= 11 is 0. The Labute approximate surface area is 136 Å². The van der Waals surface area contributed by atoms with E-state index in [2.05, 4.69) is 10.5 Å². The van der Waals surface area contributed by atoms with Crippen LogP contribution in [0.25, 0.3) is 0 Å². The van der Waals surface area contributed by atoms with Gasteiger partial charge in [0.1, 0.15) is 5.82 Å². The van der Waals surface area contributed by atoms with Crippen molar-refractivity contribution in [1.82, 2.24) is 10.2 Å². The van der Waals surface area contributed by atoms with Crippen LogP contribution < -0.4 is 5.32 Å². The molecular weight excluding hydrogens is 297 g/mol. The van der Waals surface area contributed by atoms with Gasteiger partial charge in [-0.25, -0.2) is 9.18 Å². The Morgan fingerprint density at radius 1 is 1.48 bits per heavy atom. The molecule has 6 heteroatoms. The van der Waals surface area contributed by atoms with Gasteiger partial charge in [0.25, 0.3) is 0 Å². The minimum absolute atomic E-state index is 0.122. The fourth-order valence-corrected chi connectivity index (χ4v) is 2.37. The average Bonchev–Trinajstić information content (AvgIpc) is 2.91. The largest absolute Gasteiger partial charge is 0.390 e. The summed E-state index contributed by atoms with van der Waals surface area (Å²) in [5.74, 6) is -0.298. The maximum absolute atomic E-state index is 13.3. The third kappa shape index (κ3) is 4.94. The molecule has 126 valence electrons. The van der Waals surface area contributed by atoms with Crippen LogP contribution in [0, 0.1) is 5.82 Å².